The third-order valence-electron chi connectivity index (χ3n) is 2.19. The lowest BCUT2D eigenvalue weighted by atomic mass is 10.3. The molecule has 0 bridgehead atoms. The van der Waals surface area contributed by atoms with Gasteiger partial charge in [-0.25, -0.2) is 0 Å². The van der Waals surface area contributed by atoms with Gasteiger partial charge >= 0.3 is 5.97 Å². The van der Waals surface area contributed by atoms with Crippen molar-refractivity contribution in [2.75, 3.05) is 0 Å². The predicted molar refractivity (Wildman–Crippen MR) is 51.6 cm³/mol. The molecule has 0 aromatic heterocycles. The van der Waals surface area contributed by atoms with Crippen molar-refractivity contribution >= 4 is 17.7 Å². The van der Waals surface area contributed by atoms with E-state index in [-0.39, 0.29) is 5.25 Å². The second-order valence-electron chi connectivity index (χ2n) is 3.45. The first-order valence-electron chi connectivity index (χ1n) is 4.55. The van der Waals surface area contributed by atoms with Crippen molar-refractivity contribution in [1.29, 1.82) is 0 Å². The molecule has 1 saturated carbocycles. The van der Waals surface area contributed by atoms with E-state index in [1.54, 1.807) is 0 Å². The van der Waals surface area contributed by atoms with Gasteiger partial charge in [0.15, 0.2) is 0 Å². The molecule has 1 rings (SSSR count). The van der Waals surface area contributed by atoms with Crippen LogP contribution in [-0.2, 0) is 4.79 Å². The summed E-state index contributed by atoms with van der Waals surface area (Å²) in [5, 5.41) is 9.56. The Kier molecular flexibility index (Phi) is 3.92. The van der Waals surface area contributed by atoms with Crippen LogP contribution in [0.3, 0.4) is 0 Å². The summed E-state index contributed by atoms with van der Waals surface area (Å²) in [5.74, 6) is -0.673. The summed E-state index contributed by atoms with van der Waals surface area (Å²) in [7, 11) is 0. The Hall–Kier alpha value is -0.180. The van der Waals surface area contributed by atoms with Gasteiger partial charge in [-0.3, -0.25) is 4.79 Å². The maximum absolute atomic E-state index is 10.4. The zero-order valence-corrected chi connectivity index (χ0v) is 8.27. The van der Waals surface area contributed by atoms with E-state index in [4.69, 9.17) is 5.11 Å². The first kappa shape index (κ1) is 9.90. The molecule has 3 heteroatoms. The molecule has 1 atom stereocenters. The number of rotatable bonds is 4. The molecule has 0 aromatic carbocycles. The molecular weight excluding hydrogens is 172 g/mol. The number of hydrogen-bond donors (Lipinski definition) is 1. The summed E-state index contributed by atoms with van der Waals surface area (Å²) in [6.45, 7) is 2.01. The fourth-order valence-electron chi connectivity index (χ4n) is 1.65. The number of carbonyl (C=O) groups is 1. The lowest BCUT2D eigenvalue weighted by Gasteiger charge is -2.13. The van der Waals surface area contributed by atoms with E-state index >= 15 is 0 Å². The average Bonchev–Trinajstić information content (AvgIpc) is 2.37. The molecule has 1 unspecified atom stereocenters. The number of carboxylic acids is 1. The van der Waals surface area contributed by atoms with Crippen LogP contribution in [0.15, 0.2) is 0 Å². The Morgan fingerprint density at radius 2 is 2.17 bits per heavy atom. The van der Waals surface area contributed by atoms with Crippen LogP contribution in [0.25, 0.3) is 0 Å². The second kappa shape index (κ2) is 4.75. The number of carboxylic acid groups (broad SMARTS) is 1. The van der Waals surface area contributed by atoms with Crippen molar-refractivity contribution < 1.29 is 9.90 Å². The Labute approximate surface area is 77.7 Å². The molecular formula is C9H16O2S. The zero-order chi connectivity index (χ0) is 8.97. The van der Waals surface area contributed by atoms with E-state index < -0.39 is 5.97 Å². The maximum atomic E-state index is 10.4. The van der Waals surface area contributed by atoms with Crippen molar-refractivity contribution in [3.8, 4) is 0 Å². The molecule has 1 fully saturated rings. The summed E-state index contributed by atoms with van der Waals surface area (Å²) in [6.07, 6.45) is 5.54. The van der Waals surface area contributed by atoms with Crippen LogP contribution in [0.1, 0.15) is 39.0 Å². The Bertz CT molecular complexity index is 153. The summed E-state index contributed by atoms with van der Waals surface area (Å²) < 4.78 is 0. The molecule has 0 saturated heterocycles. The van der Waals surface area contributed by atoms with Gasteiger partial charge in [0.2, 0.25) is 0 Å². The van der Waals surface area contributed by atoms with Crippen molar-refractivity contribution in [1.82, 2.24) is 0 Å². The van der Waals surface area contributed by atoms with E-state index in [0.29, 0.717) is 6.42 Å². The Morgan fingerprint density at radius 3 is 2.67 bits per heavy atom. The monoisotopic (exact) mass is 188 g/mol. The molecule has 2 nitrogen and oxygen atoms in total. The highest BCUT2D eigenvalue weighted by Gasteiger charge is 2.19. The van der Waals surface area contributed by atoms with Crippen LogP contribution < -0.4 is 0 Å². The lowest BCUT2D eigenvalue weighted by molar-refractivity contribution is -0.136. The van der Waals surface area contributed by atoms with Crippen LogP contribution in [0.4, 0.5) is 0 Å². The summed E-state index contributed by atoms with van der Waals surface area (Å²) in [4.78, 5) is 10.4. The maximum Gasteiger partial charge on any atom is 0.304 e. The predicted octanol–water partition coefficient (Wildman–Crippen LogP) is 2.53. The first-order chi connectivity index (χ1) is 5.68. The van der Waals surface area contributed by atoms with Crippen LogP contribution >= 0.6 is 11.8 Å². The van der Waals surface area contributed by atoms with Gasteiger partial charge in [0.25, 0.3) is 0 Å². The molecule has 0 spiro atoms. The topological polar surface area (TPSA) is 37.3 Å². The van der Waals surface area contributed by atoms with Gasteiger partial charge in [-0.1, -0.05) is 19.8 Å². The molecule has 1 aliphatic rings. The highest BCUT2D eigenvalue weighted by Crippen LogP contribution is 2.32. The van der Waals surface area contributed by atoms with Gasteiger partial charge in [0, 0.05) is 10.5 Å². The number of hydrogen-bond acceptors (Lipinski definition) is 2. The number of aliphatic carboxylic acids is 1. The minimum atomic E-state index is -0.673. The van der Waals surface area contributed by atoms with Gasteiger partial charge in [-0.05, 0) is 12.8 Å². The molecule has 0 aromatic rings. The lowest BCUT2D eigenvalue weighted by Crippen LogP contribution is -2.09. The third kappa shape index (κ3) is 3.48. The molecule has 1 aliphatic carbocycles. The van der Waals surface area contributed by atoms with Gasteiger partial charge in [0.1, 0.15) is 0 Å². The van der Waals surface area contributed by atoms with E-state index in [0.717, 1.165) is 5.25 Å². The van der Waals surface area contributed by atoms with Crippen molar-refractivity contribution in [3.05, 3.63) is 0 Å². The van der Waals surface area contributed by atoms with E-state index in [9.17, 15) is 4.79 Å². The van der Waals surface area contributed by atoms with Crippen LogP contribution in [0, 0.1) is 0 Å². The molecule has 0 heterocycles. The van der Waals surface area contributed by atoms with Gasteiger partial charge < -0.3 is 5.11 Å². The van der Waals surface area contributed by atoms with Crippen molar-refractivity contribution in [3.63, 3.8) is 0 Å². The average molecular weight is 188 g/mol. The van der Waals surface area contributed by atoms with Crippen LogP contribution in [0.5, 0.6) is 0 Å². The Morgan fingerprint density at radius 1 is 1.58 bits per heavy atom. The van der Waals surface area contributed by atoms with Crippen molar-refractivity contribution in [2.24, 2.45) is 0 Å². The van der Waals surface area contributed by atoms with Crippen molar-refractivity contribution in [2.45, 2.75) is 49.5 Å². The van der Waals surface area contributed by atoms with E-state index in [1.165, 1.54) is 25.7 Å². The highest BCUT2D eigenvalue weighted by molar-refractivity contribution is 8.00. The molecule has 12 heavy (non-hydrogen) atoms. The minimum absolute atomic E-state index is 0.283. The van der Waals surface area contributed by atoms with Crippen LogP contribution in [0.2, 0.25) is 0 Å². The van der Waals surface area contributed by atoms with Crippen LogP contribution in [-0.4, -0.2) is 21.6 Å². The highest BCUT2D eigenvalue weighted by atomic mass is 32.2. The van der Waals surface area contributed by atoms with E-state index in [1.807, 2.05) is 18.7 Å². The molecule has 0 aliphatic heterocycles. The molecule has 0 radical (unpaired) electrons. The normalized spacial score (nSPS) is 21.1. The minimum Gasteiger partial charge on any atom is -0.481 e. The summed E-state index contributed by atoms with van der Waals surface area (Å²) in [5.41, 5.74) is 0. The standard InChI is InChI=1S/C9H16O2S/c1-7(6-9(10)11)12-8-4-2-3-5-8/h7-8H,2-6H2,1H3,(H,10,11). The zero-order valence-electron chi connectivity index (χ0n) is 7.45. The van der Waals surface area contributed by atoms with E-state index in [2.05, 4.69) is 0 Å². The quantitative estimate of drug-likeness (QED) is 0.736. The second-order valence-corrected chi connectivity index (χ2v) is 5.19. The fraction of sp³-hybridized carbons (Fsp3) is 0.889. The first-order valence-corrected chi connectivity index (χ1v) is 5.50. The fourth-order valence-corrected chi connectivity index (χ4v) is 3.15. The third-order valence-corrected chi connectivity index (χ3v) is 3.68. The Balaban J connectivity index is 2.16. The van der Waals surface area contributed by atoms with Gasteiger partial charge in [-0.2, -0.15) is 11.8 Å². The smallest absolute Gasteiger partial charge is 0.304 e. The molecule has 70 valence electrons. The molecule has 0 amide bonds. The summed E-state index contributed by atoms with van der Waals surface area (Å²) in [6, 6.07) is 0. The van der Waals surface area contributed by atoms with Gasteiger partial charge in [0.05, 0.1) is 6.42 Å². The summed E-state index contributed by atoms with van der Waals surface area (Å²) >= 11 is 1.85. The molecule has 1 N–H and O–H groups in total. The largest absolute Gasteiger partial charge is 0.481 e. The SMILES string of the molecule is CC(CC(=O)O)SC1CCCC1. The number of thioether (sulfide) groups is 1. The van der Waals surface area contributed by atoms with Gasteiger partial charge in [-0.15, -0.1) is 0 Å².